The summed E-state index contributed by atoms with van der Waals surface area (Å²) in [4.78, 5) is 25.1. The van der Waals surface area contributed by atoms with Gasteiger partial charge in [0, 0.05) is 18.3 Å². The molecule has 3 rings (SSSR count). The van der Waals surface area contributed by atoms with Gasteiger partial charge in [0.25, 0.3) is 11.8 Å². The molecular formula is C24H11F11I2N2O2. The Labute approximate surface area is 250 Å². The molecule has 0 aliphatic carbocycles. The van der Waals surface area contributed by atoms with Crippen molar-refractivity contribution >= 4 is 68.4 Å². The second-order valence-electron chi connectivity index (χ2n) is 8.13. The fraction of sp³-hybridized carbons (Fsp3) is 0.167. The molecule has 1 atom stereocenters. The molecule has 0 radical (unpaired) electrons. The first kappa shape index (κ1) is 32.8. The van der Waals surface area contributed by atoms with Crippen LogP contribution >= 0.6 is 45.2 Å². The summed E-state index contributed by atoms with van der Waals surface area (Å²) in [6.07, 6.45) is -13.6. The number of carbonyl (C=O) groups excluding carboxylic acids is 2. The molecule has 0 bridgehead atoms. The van der Waals surface area contributed by atoms with Crippen LogP contribution in [0.15, 0.2) is 54.6 Å². The van der Waals surface area contributed by atoms with E-state index in [2.05, 4.69) is 10.6 Å². The van der Waals surface area contributed by atoms with Crippen LogP contribution in [0.2, 0.25) is 0 Å². The Morgan fingerprint density at radius 2 is 1.24 bits per heavy atom. The minimum Gasteiger partial charge on any atom is -0.320 e. The smallest absolute Gasteiger partial charge is 0.320 e. The fourth-order valence-corrected chi connectivity index (χ4v) is 5.46. The number of alkyl halides is 9. The zero-order valence-corrected chi connectivity index (χ0v) is 23.7. The van der Waals surface area contributed by atoms with Crippen LogP contribution in [-0.2, 0) is 5.67 Å². The van der Waals surface area contributed by atoms with Gasteiger partial charge in [-0.3, -0.25) is 9.59 Å². The van der Waals surface area contributed by atoms with E-state index >= 15 is 4.39 Å². The largest absolute Gasteiger partial charge is 0.457 e. The van der Waals surface area contributed by atoms with E-state index in [-0.39, 0.29) is 17.7 Å². The number of amides is 2. The van der Waals surface area contributed by atoms with Crippen LogP contribution in [-0.4, -0.2) is 30.1 Å². The summed E-state index contributed by atoms with van der Waals surface area (Å²) in [6.45, 7) is 0. The number of halogens is 13. The third-order valence-corrected chi connectivity index (χ3v) is 7.14. The monoisotopic (exact) mass is 822 g/mol. The second kappa shape index (κ2) is 11.5. The maximum Gasteiger partial charge on any atom is 0.457 e. The zero-order chi connectivity index (χ0) is 31.1. The summed E-state index contributed by atoms with van der Waals surface area (Å²) in [5, 5.41) is 4.20. The van der Waals surface area contributed by atoms with E-state index in [4.69, 9.17) is 0 Å². The normalized spacial score (nSPS) is 13.9. The Kier molecular flexibility index (Phi) is 9.22. The summed E-state index contributed by atoms with van der Waals surface area (Å²) in [5.41, 5.74) is -10.2. The van der Waals surface area contributed by atoms with Crippen molar-refractivity contribution in [3.8, 4) is 0 Å². The molecule has 3 aromatic rings. The van der Waals surface area contributed by atoms with Crippen molar-refractivity contribution in [3.63, 3.8) is 0 Å². The highest BCUT2D eigenvalue weighted by Crippen LogP contribution is 2.58. The van der Waals surface area contributed by atoms with Crippen molar-refractivity contribution in [2.75, 3.05) is 10.6 Å². The van der Waals surface area contributed by atoms with Crippen LogP contribution < -0.4 is 10.6 Å². The van der Waals surface area contributed by atoms with Crippen molar-refractivity contribution in [1.82, 2.24) is 0 Å². The van der Waals surface area contributed by atoms with Crippen LogP contribution in [0.5, 0.6) is 0 Å². The van der Waals surface area contributed by atoms with Gasteiger partial charge in [-0.05, 0) is 87.6 Å². The summed E-state index contributed by atoms with van der Waals surface area (Å²) in [5.74, 6) is -11.2. The number of anilines is 2. The summed E-state index contributed by atoms with van der Waals surface area (Å²) < 4.78 is 148. The van der Waals surface area contributed by atoms with Crippen LogP contribution in [0.4, 0.5) is 59.7 Å². The standard InChI is InChI=1S/C24H11F11I2N2O2/c25-12-4-1-3-10(7-12)19(40)38-16-6-2-5-13(17(16)26)20(41)39-18-14(36)8-11(9-15(18)37)21(27,23(30,31)32)22(28,29)24(33,34)35/h1-9H,(H,38,40)(H,39,41). The Bertz CT molecular complexity index is 1490. The van der Waals surface area contributed by atoms with E-state index in [0.717, 1.165) is 75.5 Å². The van der Waals surface area contributed by atoms with Gasteiger partial charge in [0.15, 0.2) is 5.82 Å². The first-order valence-corrected chi connectivity index (χ1v) is 12.7. The van der Waals surface area contributed by atoms with Gasteiger partial charge in [0.1, 0.15) is 5.82 Å². The van der Waals surface area contributed by atoms with E-state index in [1.807, 2.05) is 0 Å². The van der Waals surface area contributed by atoms with Gasteiger partial charge >= 0.3 is 23.9 Å². The second-order valence-corrected chi connectivity index (χ2v) is 10.5. The molecule has 220 valence electrons. The minimum atomic E-state index is -6.92. The number of rotatable bonds is 6. The van der Waals surface area contributed by atoms with E-state index < -0.39 is 77.0 Å². The third kappa shape index (κ3) is 6.24. The van der Waals surface area contributed by atoms with Crippen molar-refractivity contribution in [2.45, 2.75) is 23.9 Å². The lowest BCUT2D eigenvalue weighted by molar-refractivity contribution is -0.389. The quantitative estimate of drug-likeness (QED) is 0.194. The Morgan fingerprint density at radius 3 is 1.76 bits per heavy atom. The Morgan fingerprint density at radius 1 is 0.683 bits per heavy atom. The van der Waals surface area contributed by atoms with Crippen LogP contribution in [0.25, 0.3) is 0 Å². The highest BCUT2D eigenvalue weighted by Gasteiger charge is 2.81. The van der Waals surface area contributed by atoms with Gasteiger partial charge in [0.2, 0.25) is 0 Å². The third-order valence-electron chi connectivity index (χ3n) is 5.44. The number of carbonyl (C=O) groups is 2. The van der Waals surface area contributed by atoms with Gasteiger partial charge in [0.05, 0.1) is 16.9 Å². The maximum atomic E-state index is 15.1. The molecule has 41 heavy (non-hydrogen) atoms. The molecule has 4 nitrogen and oxygen atoms in total. The first-order valence-electron chi connectivity index (χ1n) is 10.6. The summed E-state index contributed by atoms with van der Waals surface area (Å²) >= 11 is 2.32. The Hall–Kier alpha value is -2.71. The number of nitrogens with one attached hydrogen (secondary N) is 2. The van der Waals surface area contributed by atoms with Crippen molar-refractivity contribution < 1.29 is 57.9 Å². The minimum absolute atomic E-state index is 0.0392. The molecule has 3 aromatic carbocycles. The summed E-state index contributed by atoms with van der Waals surface area (Å²) in [7, 11) is 0. The van der Waals surface area contributed by atoms with E-state index in [1.165, 1.54) is 12.1 Å². The maximum absolute atomic E-state index is 15.1. The van der Waals surface area contributed by atoms with Crippen LogP contribution in [0.1, 0.15) is 26.3 Å². The predicted octanol–water partition coefficient (Wildman–Crippen LogP) is 8.60. The molecule has 2 amide bonds. The van der Waals surface area contributed by atoms with Crippen molar-refractivity contribution in [1.29, 1.82) is 0 Å². The van der Waals surface area contributed by atoms with Gasteiger partial charge in [-0.15, -0.1) is 0 Å². The lowest BCUT2D eigenvalue weighted by Crippen LogP contribution is -2.59. The lowest BCUT2D eigenvalue weighted by Gasteiger charge is -2.36. The summed E-state index contributed by atoms with van der Waals surface area (Å²) in [6, 6.07) is 7.51. The van der Waals surface area contributed by atoms with Gasteiger partial charge in [-0.25, -0.2) is 13.2 Å². The average molecular weight is 822 g/mol. The van der Waals surface area contributed by atoms with Gasteiger partial charge in [-0.1, -0.05) is 12.1 Å². The molecule has 2 N–H and O–H groups in total. The SMILES string of the molecule is O=C(Nc1cccc(C(=O)Nc2c(I)cc(C(F)(C(F)(F)F)C(F)(F)C(F)(F)F)cc2I)c1F)c1cccc(F)c1. The molecule has 0 aliphatic rings. The van der Waals surface area contributed by atoms with E-state index in [9.17, 15) is 53.5 Å². The van der Waals surface area contributed by atoms with E-state index in [0.29, 0.717) is 0 Å². The van der Waals surface area contributed by atoms with E-state index in [1.54, 1.807) is 0 Å². The molecule has 0 saturated carbocycles. The van der Waals surface area contributed by atoms with Crippen molar-refractivity contribution in [3.05, 3.63) is 90.1 Å². The molecule has 0 spiro atoms. The lowest BCUT2D eigenvalue weighted by atomic mass is 9.87. The Balaban J connectivity index is 1.96. The predicted molar refractivity (Wildman–Crippen MR) is 140 cm³/mol. The average Bonchev–Trinajstić information content (AvgIpc) is 2.85. The topological polar surface area (TPSA) is 58.2 Å². The first-order chi connectivity index (χ1) is 18.7. The zero-order valence-electron chi connectivity index (χ0n) is 19.4. The molecule has 0 aromatic heterocycles. The molecule has 0 aliphatic heterocycles. The fourth-order valence-electron chi connectivity index (χ4n) is 3.42. The number of hydrogen-bond donors (Lipinski definition) is 2. The molecule has 0 fully saturated rings. The van der Waals surface area contributed by atoms with Gasteiger partial charge < -0.3 is 10.6 Å². The molecule has 17 heteroatoms. The highest BCUT2D eigenvalue weighted by molar-refractivity contribution is 14.1. The number of hydrogen-bond acceptors (Lipinski definition) is 2. The molecule has 0 heterocycles. The van der Waals surface area contributed by atoms with Gasteiger partial charge in [-0.2, -0.15) is 35.1 Å². The molecule has 1 unspecified atom stereocenters. The van der Waals surface area contributed by atoms with Crippen molar-refractivity contribution in [2.24, 2.45) is 0 Å². The number of benzene rings is 3. The molecule has 0 saturated heterocycles. The van der Waals surface area contributed by atoms with Crippen LogP contribution in [0, 0.1) is 18.8 Å². The van der Waals surface area contributed by atoms with Crippen LogP contribution in [0.3, 0.4) is 0 Å². The molecular weight excluding hydrogens is 811 g/mol. The highest BCUT2D eigenvalue weighted by atomic mass is 127.